The van der Waals surface area contributed by atoms with Crippen LogP contribution in [0, 0.1) is 6.92 Å². The molecule has 5 heteroatoms. The van der Waals surface area contributed by atoms with Gasteiger partial charge in [-0.3, -0.25) is 5.10 Å². The van der Waals surface area contributed by atoms with Crippen LogP contribution in [0.2, 0.25) is 0 Å². The SMILES string of the molecule is C/C=C\c1cc(-c2cc(C(=O)OC)cc3cn[nH]c23)sc1C. The van der Waals surface area contributed by atoms with Crippen molar-refractivity contribution in [3.63, 3.8) is 0 Å². The van der Waals surface area contributed by atoms with Gasteiger partial charge in [-0.05, 0) is 37.6 Å². The third-order valence-electron chi connectivity index (χ3n) is 3.54. The van der Waals surface area contributed by atoms with Crippen molar-refractivity contribution >= 4 is 34.3 Å². The molecule has 0 aliphatic heterocycles. The van der Waals surface area contributed by atoms with Crippen molar-refractivity contribution in [3.05, 3.63) is 46.5 Å². The Kier molecular flexibility index (Phi) is 3.81. The second-order valence-corrected chi connectivity index (χ2v) is 6.23. The van der Waals surface area contributed by atoms with Gasteiger partial charge in [0.15, 0.2) is 0 Å². The Morgan fingerprint density at radius 1 is 1.36 bits per heavy atom. The number of fused-ring (bicyclic) bond motifs is 1. The summed E-state index contributed by atoms with van der Waals surface area (Å²) < 4.78 is 4.84. The number of benzene rings is 1. The second-order valence-electron chi connectivity index (χ2n) is 4.97. The Labute approximate surface area is 132 Å². The summed E-state index contributed by atoms with van der Waals surface area (Å²) in [6.07, 6.45) is 5.83. The van der Waals surface area contributed by atoms with E-state index in [1.807, 2.05) is 19.1 Å². The third-order valence-corrected chi connectivity index (χ3v) is 4.64. The topological polar surface area (TPSA) is 55.0 Å². The van der Waals surface area contributed by atoms with Crippen molar-refractivity contribution in [2.45, 2.75) is 13.8 Å². The molecule has 1 aromatic carbocycles. The summed E-state index contributed by atoms with van der Waals surface area (Å²) in [7, 11) is 1.39. The van der Waals surface area contributed by atoms with Gasteiger partial charge in [-0.1, -0.05) is 12.2 Å². The number of carbonyl (C=O) groups is 1. The largest absolute Gasteiger partial charge is 0.465 e. The van der Waals surface area contributed by atoms with Crippen LogP contribution in [-0.4, -0.2) is 23.3 Å². The molecule has 0 radical (unpaired) electrons. The molecule has 0 saturated carbocycles. The van der Waals surface area contributed by atoms with Gasteiger partial charge in [0.05, 0.1) is 24.4 Å². The summed E-state index contributed by atoms with van der Waals surface area (Å²) in [5.41, 5.74) is 3.63. The average Bonchev–Trinajstić information content (AvgIpc) is 3.13. The summed E-state index contributed by atoms with van der Waals surface area (Å²) in [4.78, 5) is 14.2. The molecule has 0 spiro atoms. The van der Waals surface area contributed by atoms with Gasteiger partial charge < -0.3 is 4.74 Å². The van der Waals surface area contributed by atoms with Crippen molar-refractivity contribution in [1.82, 2.24) is 10.2 Å². The predicted molar refractivity (Wildman–Crippen MR) is 90.2 cm³/mol. The van der Waals surface area contributed by atoms with E-state index in [0.29, 0.717) is 5.56 Å². The molecule has 0 atom stereocenters. The Morgan fingerprint density at radius 3 is 2.91 bits per heavy atom. The number of nitrogens with one attached hydrogen (secondary N) is 1. The van der Waals surface area contributed by atoms with Crippen LogP contribution in [-0.2, 0) is 4.74 Å². The highest BCUT2D eigenvalue weighted by Crippen LogP contribution is 2.36. The molecule has 2 heterocycles. The Morgan fingerprint density at radius 2 is 2.18 bits per heavy atom. The van der Waals surface area contributed by atoms with Crippen LogP contribution >= 0.6 is 11.3 Å². The van der Waals surface area contributed by atoms with Crippen molar-refractivity contribution in [1.29, 1.82) is 0 Å². The molecule has 0 bridgehead atoms. The van der Waals surface area contributed by atoms with Gasteiger partial charge in [0, 0.05) is 20.7 Å². The van der Waals surface area contributed by atoms with Crippen molar-refractivity contribution in [3.8, 4) is 10.4 Å². The molecule has 2 aromatic heterocycles. The number of allylic oxidation sites excluding steroid dienone is 1. The second kappa shape index (κ2) is 5.77. The number of carbonyl (C=O) groups excluding carboxylic acids is 1. The van der Waals surface area contributed by atoms with Gasteiger partial charge in [-0.2, -0.15) is 5.10 Å². The van der Waals surface area contributed by atoms with Gasteiger partial charge in [-0.15, -0.1) is 11.3 Å². The fourth-order valence-corrected chi connectivity index (χ4v) is 3.49. The summed E-state index contributed by atoms with van der Waals surface area (Å²) in [6, 6.07) is 5.79. The quantitative estimate of drug-likeness (QED) is 0.728. The number of aromatic amines is 1. The number of ether oxygens (including phenoxy) is 1. The Balaban J connectivity index is 2.22. The first-order chi connectivity index (χ1) is 10.6. The number of methoxy groups -OCH3 is 1. The lowest BCUT2D eigenvalue weighted by Gasteiger charge is -2.04. The monoisotopic (exact) mass is 312 g/mol. The van der Waals surface area contributed by atoms with Crippen molar-refractivity contribution < 1.29 is 9.53 Å². The average molecular weight is 312 g/mol. The molecule has 0 aliphatic carbocycles. The number of aryl methyl sites for hydroxylation is 1. The maximum absolute atomic E-state index is 11.9. The van der Waals surface area contributed by atoms with Gasteiger partial charge in [0.2, 0.25) is 0 Å². The molecular formula is C17H16N2O2S. The third kappa shape index (κ3) is 2.44. The van der Waals surface area contributed by atoms with E-state index in [1.54, 1.807) is 23.6 Å². The molecule has 0 amide bonds. The van der Waals surface area contributed by atoms with Crippen LogP contribution in [0.4, 0.5) is 0 Å². The molecule has 0 unspecified atom stereocenters. The molecule has 22 heavy (non-hydrogen) atoms. The molecule has 3 rings (SSSR count). The standard InChI is InChI=1S/C17H16N2O2S/c1-4-5-11-8-15(22-10(11)2)14-7-12(17(20)21-3)6-13-9-18-19-16(13)14/h4-9H,1-3H3,(H,18,19)/b5-4-. The molecule has 1 N–H and O–H groups in total. The Hall–Kier alpha value is -2.40. The van der Waals surface area contributed by atoms with Gasteiger partial charge >= 0.3 is 5.97 Å². The molecule has 0 fully saturated rings. The van der Waals surface area contributed by atoms with Crippen LogP contribution < -0.4 is 0 Å². The zero-order valence-corrected chi connectivity index (χ0v) is 13.5. The lowest BCUT2D eigenvalue weighted by molar-refractivity contribution is 0.0601. The normalized spacial score (nSPS) is 11.4. The lowest BCUT2D eigenvalue weighted by Crippen LogP contribution is -2.01. The summed E-state index contributed by atoms with van der Waals surface area (Å²) >= 11 is 1.70. The maximum Gasteiger partial charge on any atom is 0.337 e. The van der Waals surface area contributed by atoms with E-state index >= 15 is 0 Å². The van der Waals surface area contributed by atoms with Crippen LogP contribution in [0.3, 0.4) is 0 Å². The number of esters is 1. The van der Waals surface area contributed by atoms with Crippen molar-refractivity contribution in [2.75, 3.05) is 7.11 Å². The van der Waals surface area contributed by atoms with Gasteiger partial charge in [0.25, 0.3) is 0 Å². The van der Waals surface area contributed by atoms with E-state index < -0.39 is 0 Å². The number of hydrogen-bond donors (Lipinski definition) is 1. The highest BCUT2D eigenvalue weighted by molar-refractivity contribution is 7.15. The predicted octanol–water partition coefficient (Wildman–Crippen LogP) is 4.42. The first-order valence-corrected chi connectivity index (χ1v) is 7.74. The minimum atomic E-state index is -0.341. The number of H-pyrrole nitrogens is 1. The molecule has 4 nitrogen and oxygen atoms in total. The van der Waals surface area contributed by atoms with Gasteiger partial charge in [0.1, 0.15) is 0 Å². The van der Waals surface area contributed by atoms with Crippen molar-refractivity contribution in [2.24, 2.45) is 0 Å². The highest BCUT2D eigenvalue weighted by atomic mass is 32.1. The van der Waals surface area contributed by atoms with Crippen LogP contribution in [0.15, 0.2) is 30.5 Å². The lowest BCUT2D eigenvalue weighted by atomic mass is 10.0. The molecule has 0 aliphatic rings. The zero-order valence-electron chi connectivity index (χ0n) is 12.6. The smallest absolute Gasteiger partial charge is 0.337 e. The Bertz CT molecular complexity index is 874. The van der Waals surface area contributed by atoms with E-state index in [9.17, 15) is 4.79 Å². The number of thiophene rings is 1. The van der Waals surface area contributed by atoms with Gasteiger partial charge in [-0.25, -0.2) is 4.79 Å². The zero-order chi connectivity index (χ0) is 15.7. The minimum absolute atomic E-state index is 0.341. The van der Waals surface area contributed by atoms with E-state index in [1.165, 1.54) is 17.6 Å². The highest BCUT2D eigenvalue weighted by Gasteiger charge is 2.15. The fourth-order valence-electron chi connectivity index (χ4n) is 2.46. The number of aromatic nitrogens is 2. The number of rotatable bonds is 3. The van der Waals surface area contributed by atoms with Crippen LogP contribution in [0.1, 0.15) is 27.7 Å². The van der Waals surface area contributed by atoms with E-state index in [4.69, 9.17) is 4.74 Å². The number of nitrogens with zero attached hydrogens (tertiary/aromatic N) is 1. The molecular weight excluding hydrogens is 296 g/mol. The first kappa shape index (κ1) is 14.5. The molecule has 0 saturated heterocycles. The van der Waals surface area contributed by atoms with E-state index in [0.717, 1.165) is 21.3 Å². The molecule has 112 valence electrons. The summed E-state index contributed by atoms with van der Waals surface area (Å²) in [5.74, 6) is -0.341. The molecule has 3 aromatic rings. The minimum Gasteiger partial charge on any atom is -0.465 e. The fraction of sp³-hybridized carbons (Fsp3) is 0.176. The maximum atomic E-state index is 11.9. The van der Waals surface area contributed by atoms with E-state index in [-0.39, 0.29) is 5.97 Å². The summed E-state index contributed by atoms with van der Waals surface area (Å²) in [6.45, 7) is 4.10. The summed E-state index contributed by atoms with van der Waals surface area (Å²) in [5, 5.41) is 8.01. The van der Waals surface area contributed by atoms with Crippen LogP contribution in [0.25, 0.3) is 27.4 Å². The number of hydrogen-bond acceptors (Lipinski definition) is 4. The van der Waals surface area contributed by atoms with E-state index in [2.05, 4.69) is 29.3 Å². The van der Waals surface area contributed by atoms with Crippen LogP contribution in [0.5, 0.6) is 0 Å². The first-order valence-electron chi connectivity index (χ1n) is 6.93.